The number of hydrogen-bond donors (Lipinski definition) is 0. The highest BCUT2D eigenvalue weighted by Gasteiger charge is 2.24. The SMILES string of the molecule is CCN(CC)c1c2c(nc3cc(-c4ccc(OC)c(OC)c4)nn13)CCC2. The average molecular weight is 366 g/mol. The number of fused-ring (bicyclic) bond motifs is 2. The molecule has 2 heterocycles. The number of anilines is 1. The van der Waals surface area contributed by atoms with Gasteiger partial charge in [-0.05, 0) is 51.3 Å². The zero-order valence-corrected chi connectivity index (χ0v) is 16.5. The maximum atomic E-state index is 5.45. The van der Waals surface area contributed by atoms with Gasteiger partial charge >= 0.3 is 0 Å². The van der Waals surface area contributed by atoms with Crippen LogP contribution in [0.3, 0.4) is 0 Å². The minimum atomic E-state index is 0.700. The maximum absolute atomic E-state index is 5.45. The minimum Gasteiger partial charge on any atom is -0.493 e. The molecule has 0 N–H and O–H groups in total. The molecule has 27 heavy (non-hydrogen) atoms. The number of hydrogen-bond acceptors (Lipinski definition) is 5. The van der Waals surface area contributed by atoms with Crippen LogP contribution in [0.5, 0.6) is 11.5 Å². The van der Waals surface area contributed by atoms with Crippen molar-refractivity contribution in [2.75, 3.05) is 32.2 Å². The first-order valence-electron chi connectivity index (χ1n) is 9.59. The van der Waals surface area contributed by atoms with E-state index in [4.69, 9.17) is 19.6 Å². The van der Waals surface area contributed by atoms with Gasteiger partial charge in [0.25, 0.3) is 0 Å². The summed E-state index contributed by atoms with van der Waals surface area (Å²) in [6.07, 6.45) is 3.30. The van der Waals surface area contributed by atoms with E-state index in [0.717, 1.165) is 42.8 Å². The third kappa shape index (κ3) is 2.89. The molecule has 0 amide bonds. The number of methoxy groups -OCH3 is 2. The summed E-state index contributed by atoms with van der Waals surface area (Å²) in [7, 11) is 3.29. The molecule has 0 radical (unpaired) electrons. The van der Waals surface area contributed by atoms with Crippen molar-refractivity contribution in [3.63, 3.8) is 0 Å². The highest BCUT2D eigenvalue weighted by Crippen LogP contribution is 2.35. The highest BCUT2D eigenvalue weighted by molar-refractivity contribution is 5.70. The summed E-state index contributed by atoms with van der Waals surface area (Å²) in [4.78, 5) is 7.29. The summed E-state index contributed by atoms with van der Waals surface area (Å²) in [6.45, 7) is 6.28. The van der Waals surface area contributed by atoms with Crippen molar-refractivity contribution in [3.8, 4) is 22.8 Å². The molecule has 1 aliphatic carbocycles. The standard InChI is InChI=1S/C21H26N4O2/c1-5-24(6-2)21-15-8-7-9-16(15)22-20-13-17(23-25(20)21)14-10-11-18(26-3)19(12-14)27-4/h10-13H,5-9H2,1-4H3. The molecule has 0 unspecified atom stereocenters. The lowest BCUT2D eigenvalue weighted by atomic mass is 10.1. The van der Waals surface area contributed by atoms with Gasteiger partial charge in [-0.15, -0.1) is 0 Å². The fourth-order valence-corrected chi connectivity index (χ4v) is 3.95. The Morgan fingerprint density at radius 3 is 2.52 bits per heavy atom. The Kier molecular flexibility index (Phi) is 4.64. The second-order valence-corrected chi connectivity index (χ2v) is 6.76. The highest BCUT2D eigenvalue weighted by atomic mass is 16.5. The smallest absolute Gasteiger partial charge is 0.161 e. The Morgan fingerprint density at radius 2 is 1.81 bits per heavy atom. The van der Waals surface area contributed by atoms with Crippen LogP contribution in [0.2, 0.25) is 0 Å². The van der Waals surface area contributed by atoms with Crippen molar-refractivity contribution < 1.29 is 9.47 Å². The van der Waals surface area contributed by atoms with Gasteiger partial charge in [0, 0.05) is 36.0 Å². The largest absolute Gasteiger partial charge is 0.493 e. The maximum Gasteiger partial charge on any atom is 0.161 e. The predicted octanol–water partition coefficient (Wildman–Crippen LogP) is 3.75. The van der Waals surface area contributed by atoms with Crippen molar-refractivity contribution in [3.05, 3.63) is 35.5 Å². The predicted molar refractivity (Wildman–Crippen MR) is 107 cm³/mol. The zero-order valence-electron chi connectivity index (χ0n) is 16.5. The molecule has 142 valence electrons. The molecule has 0 spiro atoms. The van der Waals surface area contributed by atoms with Gasteiger partial charge in [0.2, 0.25) is 0 Å². The van der Waals surface area contributed by atoms with E-state index in [1.165, 1.54) is 23.5 Å². The van der Waals surface area contributed by atoms with Crippen molar-refractivity contribution in [1.29, 1.82) is 0 Å². The molecule has 4 rings (SSSR count). The summed E-state index contributed by atoms with van der Waals surface area (Å²) in [5.74, 6) is 2.61. The van der Waals surface area contributed by atoms with Crippen LogP contribution in [-0.4, -0.2) is 41.9 Å². The van der Waals surface area contributed by atoms with E-state index >= 15 is 0 Å². The first kappa shape index (κ1) is 17.6. The lowest BCUT2D eigenvalue weighted by Gasteiger charge is -2.24. The molecule has 0 saturated carbocycles. The van der Waals surface area contributed by atoms with E-state index in [-0.39, 0.29) is 0 Å². The quantitative estimate of drug-likeness (QED) is 0.665. The van der Waals surface area contributed by atoms with Crippen molar-refractivity contribution in [2.45, 2.75) is 33.1 Å². The Labute approximate surface area is 159 Å². The van der Waals surface area contributed by atoms with Crippen LogP contribution in [0, 0.1) is 0 Å². The summed E-state index contributed by atoms with van der Waals surface area (Å²) in [5, 5.41) is 4.92. The van der Waals surface area contributed by atoms with Gasteiger partial charge in [-0.25, -0.2) is 4.98 Å². The third-order valence-corrected chi connectivity index (χ3v) is 5.34. The molecule has 1 aromatic carbocycles. The normalized spacial score (nSPS) is 13.0. The van der Waals surface area contributed by atoms with E-state index < -0.39 is 0 Å². The van der Waals surface area contributed by atoms with Crippen LogP contribution in [-0.2, 0) is 12.8 Å². The number of aryl methyl sites for hydroxylation is 1. The first-order chi connectivity index (χ1) is 13.2. The van der Waals surface area contributed by atoms with Gasteiger partial charge < -0.3 is 14.4 Å². The van der Waals surface area contributed by atoms with Crippen LogP contribution in [0.1, 0.15) is 31.5 Å². The van der Waals surface area contributed by atoms with E-state index in [1.807, 2.05) is 22.7 Å². The topological polar surface area (TPSA) is 51.9 Å². The van der Waals surface area contributed by atoms with Gasteiger partial charge in [0.05, 0.1) is 19.9 Å². The second-order valence-electron chi connectivity index (χ2n) is 6.76. The fraction of sp³-hybridized carbons (Fsp3) is 0.429. The Morgan fingerprint density at radius 1 is 1.04 bits per heavy atom. The van der Waals surface area contributed by atoms with E-state index in [9.17, 15) is 0 Å². The molecule has 6 nitrogen and oxygen atoms in total. The van der Waals surface area contributed by atoms with Crippen LogP contribution < -0.4 is 14.4 Å². The molecule has 0 atom stereocenters. The monoisotopic (exact) mass is 366 g/mol. The molecule has 2 aromatic heterocycles. The molecule has 3 aromatic rings. The summed E-state index contributed by atoms with van der Waals surface area (Å²) >= 11 is 0. The zero-order chi connectivity index (χ0) is 19.0. The molecular weight excluding hydrogens is 340 g/mol. The van der Waals surface area contributed by atoms with Gasteiger partial charge in [-0.3, -0.25) is 0 Å². The van der Waals surface area contributed by atoms with Crippen LogP contribution in [0.25, 0.3) is 16.9 Å². The molecule has 0 bridgehead atoms. The Bertz CT molecular complexity index is 976. The summed E-state index contributed by atoms with van der Waals surface area (Å²) < 4.78 is 12.8. The summed E-state index contributed by atoms with van der Waals surface area (Å²) in [6, 6.07) is 7.95. The fourth-order valence-electron chi connectivity index (χ4n) is 3.95. The third-order valence-electron chi connectivity index (χ3n) is 5.34. The number of benzene rings is 1. The molecule has 1 aliphatic rings. The number of nitrogens with zero attached hydrogens (tertiary/aromatic N) is 4. The van der Waals surface area contributed by atoms with Crippen molar-refractivity contribution in [2.24, 2.45) is 0 Å². The Hall–Kier alpha value is -2.76. The first-order valence-corrected chi connectivity index (χ1v) is 9.59. The lowest BCUT2D eigenvalue weighted by Crippen LogP contribution is -2.26. The lowest BCUT2D eigenvalue weighted by molar-refractivity contribution is 0.355. The minimum absolute atomic E-state index is 0.700. The van der Waals surface area contributed by atoms with Gasteiger partial charge in [-0.1, -0.05) is 0 Å². The van der Waals surface area contributed by atoms with E-state index in [0.29, 0.717) is 11.5 Å². The number of ether oxygens (including phenoxy) is 2. The number of aromatic nitrogens is 3. The van der Waals surface area contributed by atoms with Gasteiger partial charge in [0.1, 0.15) is 5.82 Å². The summed E-state index contributed by atoms with van der Waals surface area (Å²) in [5.41, 5.74) is 5.36. The Balaban J connectivity index is 1.89. The molecule has 0 saturated heterocycles. The van der Waals surface area contributed by atoms with Crippen LogP contribution in [0.15, 0.2) is 24.3 Å². The van der Waals surface area contributed by atoms with Gasteiger partial charge in [0.15, 0.2) is 17.1 Å². The number of rotatable bonds is 6. The van der Waals surface area contributed by atoms with E-state index in [1.54, 1.807) is 14.2 Å². The molecule has 6 heteroatoms. The van der Waals surface area contributed by atoms with Crippen LogP contribution >= 0.6 is 0 Å². The molecular formula is C21H26N4O2. The van der Waals surface area contributed by atoms with Gasteiger partial charge in [-0.2, -0.15) is 9.61 Å². The van der Waals surface area contributed by atoms with Crippen molar-refractivity contribution >= 4 is 11.5 Å². The molecule has 0 aliphatic heterocycles. The van der Waals surface area contributed by atoms with E-state index in [2.05, 4.69) is 24.8 Å². The second kappa shape index (κ2) is 7.10. The van der Waals surface area contributed by atoms with Crippen LogP contribution in [0.4, 0.5) is 5.82 Å². The van der Waals surface area contributed by atoms with Crippen molar-refractivity contribution in [1.82, 2.24) is 14.6 Å². The molecule has 0 fully saturated rings. The average Bonchev–Trinajstić information content (AvgIpc) is 3.34.